The quantitative estimate of drug-likeness (QED) is 0.582. The van der Waals surface area contributed by atoms with Crippen LogP contribution in [0.1, 0.15) is 25.7 Å². The Bertz CT molecular complexity index is 153. The average molecular weight is 275 g/mol. The highest BCUT2D eigenvalue weighted by atomic mass is 35.5. The molecule has 100 valence electrons. The minimum atomic E-state index is -0.0787. The molecule has 0 spiro atoms. The van der Waals surface area contributed by atoms with Crippen molar-refractivity contribution in [3.8, 4) is 0 Å². The SMILES string of the molecule is Cl.Cl.NC[C@@H]1CC[C@H]1O.NC[C@H]1CC[C@@H]1O. The number of nitrogens with two attached hydrogens (primary N) is 2. The Morgan fingerprint density at radius 3 is 1.06 bits per heavy atom. The molecule has 0 aromatic rings. The van der Waals surface area contributed by atoms with Crippen molar-refractivity contribution < 1.29 is 10.2 Å². The lowest BCUT2D eigenvalue weighted by atomic mass is 9.82. The van der Waals surface area contributed by atoms with Gasteiger partial charge in [0.15, 0.2) is 0 Å². The molecule has 2 aliphatic carbocycles. The monoisotopic (exact) mass is 274 g/mol. The van der Waals surface area contributed by atoms with Crippen molar-refractivity contribution in [1.82, 2.24) is 0 Å². The Morgan fingerprint density at radius 2 is 1.06 bits per heavy atom. The molecule has 6 N–H and O–H groups in total. The van der Waals surface area contributed by atoms with Gasteiger partial charge in [0.2, 0.25) is 0 Å². The van der Waals surface area contributed by atoms with E-state index in [1.807, 2.05) is 0 Å². The van der Waals surface area contributed by atoms with Crippen LogP contribution in [0.3, 0.4) is 0 Å². The lowest BCUT2D eigenvalue weighted by molar-refractivity contribution is 0.0290. The first-order valence-electron chi connectivity index (χ1n) is 5.45. The molecule has 0 saturated heterocycles. The molecular formula is C10H24Cl2N2O2. The first-order valence-corrected chi connectivity index (χ1v) is 5.45. The predicted octanol–water partition coefficient (Wildman–Crippen LogP) is 0.276. The molecule has 0 amide bonds. The number of hydrogen-bond donors (Lipinski definition) is 4. The second kappa shape index (κ2) is 9.45. The van der Waals surface area contributed by atoms with Crippen molar-refractivity contribution in [1.29, 1.82) is 0 Å². The summed E-state index contributed by atoms with van der Waals surface area (Å²) in [5.74, 6) is 0.833. The van der Waals surface area contributed by atoms with Gasteiger partial charge in [0.05, 0.1) is 12.2 Å². The molecule has 0 aromatic heterocycles. The molecule has 2 fully saturated rings. The molecule has 4 atom stereocenters. The van der Waals surface area contributed by atoms with Crippen molar-refractivity contribution in [2.24, 2.45) is 23.3 Å². The van der Waals surface area contributed by atoms with E-state index in [2.05, 4.69) is 0 Å². The highest BCUT2D eigenvalue weighted by Crippen LogP contribution is 2.25. The minimum Gasteiger partial charge on any atom is -0.393 e. The second-order valence-corrected chi connectivity index (χ2v) is 4.28. The molecule has 0 bridgehead atoms. The van der Waals surface area contributed by atoms with E-state index in [4.69, 9.17) is 21.7 Å². The van der Waals surface area contributed by atoms with Crippen molar-refractivity contribution in [3.05, 3.63) is 0 Å². The third kappa shape index (κ3) is 5.17. The van der Waals surface area contributed by atoms with Crippen LogP contribution in [0.15, 0.2) is 0 Å². The highest BCUT2D eigenvalue weighted by Gasteiger charge is 2.27. The van der Waals surface area contributed by atoms with Crippen LogP contribution in [0.4, 0.5) is 0 Å². The van der Waals surface area contributed by atoms with Gasteiger partial charge < -0.3 is 21.7 Å². The third-order valence-electron chi connectivity index (χ3n) is 3.36. The number of halogens is 2. The van der Waals surface area contributed by atoms with E-state index in [1.54, 1.807) is 0 Å². The maximum atomic E-state index is 8.83. The normalized spacial score (nSPS) is 35.2. The van der Waals surface area contributed by atoms with E-state index in [1.165, 1.54) is 0 Å². The van der Waals surface area contributed by atoms with Crippen LogP contribution in [-0.4, -0.2) is 35.5 Å². The topological polar surface area (TPSA) is 92.5 Å². The fourth-order valence-electron chi connectivity index (χ4n) is 1.65. The predicted molar refractivity (Wildman–Crippen MR) is 70.1 cm³/mol. The van der Waals surface area contributed by atoms with Crippen LogP contribution in [0.5, 0.6) is 0 Å². The largest absolute Gasteiger partial charge is 0.393 e. The van der Waals surface area contributed by atoms with Crippen LogP contribution in [0, 0.1) is 11.8 Å². The molecule has 2 saturated carbocycles. The van der Waals surface area contributed by atoms with Gasteiger partial charge in [-0.15, -0.1) is 24.8 Å². The van der Waals surface area contributed by atoms with E-state index in [0.29, 0.717) is 24.9 Å². The van der Waals surface area contributed by atoms with Crippen LogP contribution < -0.4 is 11.5 Å². The molecule has 0 aromatic carbocycles. The van der Waals surface area contributed by atoms with Gasteiger partial charge in [-0.2, -0.15) is 0 Å². The molecule has 0 radical (unpaired) electrons. The Balaban J connectivity index is 0. The number of rotatable bonds is 2. The number of hydrogen-bond acceptors (Lipinski definition) is 4. The van der Waals surface area contributed by atoms with Gasteiger partial charge >= 0.3 is 0 Å². The summed E-state index contributed by atoms with van der Waals surface area (Å²) in [6.45, 7) is 1.31. The van der Waals surface area contributed by atoms with Gasteiger partial charge in [-0.05, 0) is 50.6 Å². The van der Waals surface area contributed by atoms with Gasteiger partial charge in [-0.3, -0.25) is 0 Å². The Labute approximate surface area is 110 Å². The van der Waals surface area contributed by atoms with Crippen LogP contribution in [0.2, 0.25) is 0 Å². The van der Waals surface area contributed by atoms with Gasteiger partial charge in [0, 0.05) is 0 Å². The average Bonchev–Trinajstić information content (AvgIpc) is 2.16. The summed E-state index contributed by atoms with van der Waals surface area (Å²) in [5, 5.41) is 17.7. The second-order valence-electron chi connectivity index (χ2n) is 4.28. The molecule has 2 rings (SSSR count). The van der Waals surface area contributed by atoms with Gasteiger partial charge in [0.1, 0.15) is 0 Å². The van der Waals surface area contributed by atoms with E-state index >= 15 is 0 Å². The molecule has 0 heterocycles. The first-order chi connectivity index (χ1) is 6.69. The summed E-state index contributed by atoms with van der Waals surface area (Å²) in [4.78, 5) is 0. The molecule has 16 heavy (non-hydrogen) atoms. The van der Waals surface area contributed by atoms with Crippen molar-refractivity contribution in [2.45, 2.75) is 37.9 Å². The van der Waals surface area contributed by atoms with Gasteiger partial charge in [-0.1, -0.05) is 0 Å². The smallest absolute Gasteiger partial charge is 0.0580 e. The Hall–Kier alpha value is 0.420. The maximum Gasteiger partial charge on any atom is 0.0580 e. The summed E-state index contributed by atoms with van der Waals surface area (Å²) < 4.78 is 0. The van der Waals surface area contributed by atoms with Gasteiger partial charge in [0.25, 0.3) is 0 Å². The van der Waals surface area contributed by atoms with Crippen molar-refractivity contribution >= 4 is 24.8 Å². The van der Waals surface area contributed by atoms with Crippen molar-refractivity contribution in [2.75, 3.05) is 13.1 Å². The van der Waals surface area contributed by atoms with E-state index < -0.39 is 0 Å². The zero-order valence-electron chi connectivity index (χ0n) is 9.42. The van der Waals surface area contributed by atoms with E-state index in [-0.39, 0.29) is 37.0 Å². The molecule has 0 aliphatic heterocycles. The van der Waals surface area contributed by atoms with Gasteiger partial charge in [-0.25, -0.2) is 0 Å². The number of aliphatic hydroxyl groups excluding tert-OH is 2. The fraction of sp³-hybridized carbons (Fsp3) is 1.00. The first kappa shape index (κ1) is 18.8. The van der Waals surface area contributed by atoms with E-state index in [0.717, 1.165) is 25.7 Å². The summed E-state index contributed by atoms with van der Waals surface area (Å²) in [7, 11) is 0. The fourth-order valence-corrected chi connectivity index (χ4v) is 1.65. The minimum absolute atomic E-state index is 0. The summed E-state index contributed by atoms with van der Waals surface area (Å²) in [6.07, 6.45) is 4.01. The van der Waals surface area contributed by atoms with Crippen molar-refractivity contribution in [3.63, 3.8) is 0 Å². The standard InChI is InChI=1S/2C5H11NO.2ClH/c2*6-3-4-1-2-5(4)7;;/h2*4-5,7H,1-3,6H2;2*1H/t2*4-,5+;;/m10../s1. The zero-order chi connectivity index (χ0) is 10.6. The zero-order valence-corrected chi connectivity index (χ0v) is 11.1. The van der Waals surface area contributed by atoms with E-state index in [9.17, 15) is 0 Å². The molecule has 6 heteroatoms. The lowest BCUT2D eigenvalue weighted by Crippen LogP contribution is -2.36. The molecule has 0 unspecified atom stereocenters. The molecular weight excluding hydrogens is 251 g/mol. The third-order valence-corrected chi connectivity index (χ3v) is 3.36. The number of aliphatic hydroxyl groups is 2. The Morgan fingerprint density at radius 1 is 0.750 bits per heavy atom. The lowest BCUT2D eigenvalue weighted by Gasteiger charge is -2.30. The molecule has 2 aliphatic rings. The van der Waals surface area contributed by atoms with Crippen LogP contribution >= 0.6 is 24.8 Å². The van der Waals surface area contributed by atoms with Crippen LogP contribution in [0.25, 0.3) is 0 Å². The maximum absolute atomic E-state index is 8.83. The summed E-state index contributed by atoms with van der Waals surface area (Å²) in [5.41, 5.74) is 10.5. The summed E-state index contributed by atoms with van der Waals surface area (Å²) >= 11 is 0. The van der Waals surface area contributed by atoms with Crippen LogP contribution in [-0.2, 0) is 0 Å². The Kier molecular flexibility index (Phi) is 11.1. The molecule has 4 nitrogen and oxygen atoms in total. The highest BCUT2D eigenvalue weighted by molar-refractivity contribution is 5.85. The summed E-state index contributed by atoms with van der Waals surface area (Å²) in [6, 6.07) is 0.